The van der Waals surface area contributed by atoms with E-state index in [1.807, 2.05) is 47.7 Å². The first-order valence-electron chi connectivity index (χ1n) is 20.6. The van der Waals surface area contributed by atoms with Gasteiger partial charge in [-0.25, -0.2) is 15.0 Å². The molecule has 9 aromatic carbocycles. The maximum absolute atomic E-state index is 5.24. The van der Waals surface area contributed by atoms with E-state index in [0.717, 1.165) is 27.8 Å². The fourth-order valence-electron chi connectivity index (χ4n) is 10.1. The summed E-state index contributed by atoms with van der Waals surface area (Å²) in [7, 11) is 0. The number of thiophene rings is 1. The van der Waals surface area contributed by atoms with Crippen LogP contribution >= 0.6 is 11.3 Å². The van der Waals surface area contributed by atoms with Crippen molar-refractivity contribution in [2.75, 3.05) is 0 Å². The van der Waals surface area contributed by atoms with Gasteiger partial charge in [-0.05, 0) is 41.8 Å². The molecule has 61 heavy (non-hydrogen) atoms. The van der Waals surface area contributed by atoms with Crippen LogP contribution in [0, 0.1) is 0 Å². The number of hydrogen-bond acceptors (Lipinski definition) is 4. The third kappa shape index (κ3) is 4.57. The fourth-order valence-corrected chi connectivity index (χ4v) is 11.3. The van der Waals surface area contributed by atoms with Gasteiger partial charge in [-0.15, -0.1) is 11.3 Å². The maximum atomic E-state index is 5.24. The van der Waals surface area contributed by atoms with Crippen LogP contribution in [-0.2, 0) is 0 Å². The largest absolute Gasteiger partial charge is 0.308 e. The quantitative estimate of drug-likeness (QED) is 0.178. The molecule has 0 unspecified atom stereocenters. The number of aromatic nitrogens is 5. The normalized spacial score (nSPS) is 12.3. The van der Waals surface area contributed by atoms with Gasteiger partial charge >= 0.3 is 0 Å². The van der Waals surface area contributed by atoms with Crippen molar-refractivity contribution >= 4 is 102 Å². The summed E-state index contributed by atoms with van der Waals surface area (Å²) in [5.41, 5.74) is 10.1. The molecular formula is C55H31N5S. The molecule has 14 aromatic rings. The van der Waals surface area contributed by atoms with E-state index in [4.69, 9.17) is 15.0 Å². The molecular weight excluding hydrogens is 763 g/mol. The standard InChI is InChI=1S/C55H31N5S/c1-3-15-33(16-4-1)53-56-54(34-17-5-2-6-18-34)58-55(57-53)41-28-29-45(52-49(41)40-21-10-12-25-48(40)61-52)60-47-31-46-42(30-43(47)39-27-26-32-14-7-8-19-35(32)50(39)60)38-23-13-22-37-36-20-9-11-24-44(36)59(46)51(37)38/h1-31H. The average Bonchev–Trinajstić information content (AvgIpc) is 4.07. The monoisotopic (exact) mass is 793 g/mol. The van der Waals surface area contributed by atoms with Gasteiger partial charge in [-0.2, -0.15) is 0 Å². The van der Waals surface area contributed by atoms with Crippen LogP contribution in [0.4, 0.5) is 0 Å². The topological polar surface area (TPSA) is 48.0 Å². The second kappa shape index (κ2) is 12.3. The maximum Gasteiger partial charge on any atom is 0.164 e. The lowest BCUT2D eigenvalue weighted by molar-refractivity contribution is 1.08. The smallest absolute Gasteiger partial charge is 0.164 e. The Labute approximate surface area is 352 Å². The zero-order valence-corrected chi connectivity index (χ0v) is 33.4. The molecule has 282 valence electrons. The molecule has 0 atom stereocenters. The molecule has 0 bridgehead atoms. The first kappa shape index (κ1) is 33.0. The first-order valence-corrected chi connectivity index (χ1v) is 21.4. The van der Waals surface area contributed by atoms with Gasteiger partial charge in [-0.3, -0.25) is 0 Å². The average molecular weight is 794 g/mol. The second-order valence-corrected chi connectivity index (χ2v) is 17.0. The van der Waals surface area contributed by atoms with Crippen LogP contribution in [-0.4, -0.2) is 23.9 Å². The van der Waals surface area contributed by atoms with Crippen molar-refractivity contribution < 1.29 is 0 Å². The van der Waals surface area contributed by atoms with Crippen molar-refractivity contribution in [1.29, 1.82) is 0 Å². The lowest BCUT2D eigenvalue weighted by Crippen LogP contribution is -2.01. The molecule has 14 rings (SSSR count). The van der Waals surface area contributed by atoms with E-state index < -0.39 is 0 Å². The van der Waals surface area contributed by atoms with Gasteiger partial charge < -0.3 is 8.97 Å². The van der Waals surface area contributed by atoms with E-state index in [2.05, 4.69) is 161 Å². The third-order valence-electron chi connectivity index (χ3n) is 12.7. The molecule has 0 saturated heterocycles. The van der Waals surface area contributed by atoms with E-state index in [0.29, 0.717) is 17.5 Å². The summed E-state index contributed by atoms with van der Waals surface area (Å²) in [4.78, 5) is 15.5. The molecule has 5 aromatic heterocycles. The summed E-state index contributed by atoms with van der Waals surface area (Å²) in [6, 6.07) is 67.6. The number of fused-ring (bicyclic) bond motifs is 14. The van der Waals surface area contributed by atoms with Gasteiger partial charge in [0.1, 0.15) is 0 Å². The summed E-state index contributed by atoms with van der Waals surface area (Å²) in [6.07, 6.45) is 0. The Morgan fingerprint density at radius 1 is 0.377 bits per heavy atom. The zero-order chi connectivity index (χ0) is 39.8. The van der Waals surface area contributed by atoms with Crippen LogP contribution in [0.1, 0.15) is 0 Å². The van der Waals surface area contributed by atoms with Crippen LogP contribution in [0.3, 0.4) is 0 Å². The van der Waals surface area contributed by atoms with Gasteiger partial charge in [0, 0.05) is 69.9 Å². The fraction of sp³-hybridized carbons (Fsp3) is 0. The van der Waals surface area contributed by atoms with E-state index in [9.17, 15) is 0 Å². The summed E-state index contributed by atoms with van der Waals surface area (Å²) in [6.45, 7) is 0. The van der Waals surface area contributed by atoms with Crippen LogP contribution in [0.15, 0.2) is 188 Å². The predicted molar refractivity (Wildman–Crippen MR) is 256 cm³/mol. The minimum absolute atomic E-state index is 0.650. The van der Waals surface area contributed by atoms with Gasteiger partial charge in [-0.1, -0.05) is 152 Å². The molecule has 5 heterocycles. The highest BCUT2D eigenvalue weighted by Gasteiger charge is 2.25. The molecule has 0 amide bonds. The molecule has 0 radical (unpaired) electrons. The first-order chi connectivity index (χ1) is 30.3. The highest BCUT2D eigenvalue weighted by Crippen LogP contribution is 2.48. The van der Waals surface area contributed by atoms with Crippen molar-refractivity contribution in [2.45, 2.75) is 0 Å². The Balaban J connectivity index is 1.12. The van der Waals surface area contributed by atoms with Crippen LogP contribution in [0.25, 0.3) is 131 Å². The number of nitrogens with zero attached hydrogens (tertiary/aromatic N) is 5. The summed E-state index contributed by atoms with van der Waals surface area (Å²) >= 11 is 1.84. The minimum atomic E-state index is 0.650. The summed E-state index contributed by atoms with van der Waals surface area (Å²) in [5.74, 6) is 1.95. The van der Waals surface area contributed by atoms with Gasteiger partial charge in [0.15, 0.2) is 17.5 Å². The number of benzene rings is 9. The van der Waals surface area contributed by atoms with E-state index >= 15 is 0 Å². The Hall–Kier alpha value is -7.93. The summed E-state index contributed by atoms with van der Waals surface area (Å²) < 4.78 is 7.43. The molecule has 0 aliphatic carbocycles. The predicted octanol–water partition coefficient (Wildman–Crippen LogP) is 14.6. The lowest BCUT2D eigenvalue weighted by atomic mass is 10.0. The Morgan fingerprint density at radius 2 is 0.984 bits per heavy atom. The van der Waals surface area contributed by atoms with Gasteiger partial charge in [0.25, 0.3) is 0 Å². The number of para-hydroxylation sites is 2. The van der Waals surface area contributed by atoms with Crippen LogP contribution < -0.4 is 0 Å². The summed E-state index contributed by atoms with van der Waals surface area (Å²) in [5, 5.41) is 12.4. The van der Waals surface area contributed by atoms with E-state index in [-0.39, 0.29) is 0 Å². The van der Waals surface area contributed by atoms with E-state index in [1.165, 1.54) is 85.5 Å². The van der Waals surface area contributed by atoms with Crippen LogP contribution in [0.2, 0.25) is 0 Å². The molecule has 0 fully saturated rings. The number of hydrogen-bond donors (Lipinski definition) is 0. The molecule has 0 aliphatic heterocycles. The van der Waals surface area contributed by atoms with Crippen molar-refractivity contribution in [2.24, 2.45) is 0 Å². The highest BCUT2D eigenvalue weighted by atomic mass is 32.1. The molecule has 6 heteroatoms. The zero-order valence-electron chi connectivity index (χ0n) is 32.5. The number of rotatable bonds is 4. The minimum Gasteiger partial charge on any atom is -0.308 e. The van der Waals surface area contributed by atoms with Gasteiger partial charge in [0.05, 0.1) is 38.0 Å². The highest BCUT2D eigenvalue weighted by molar-refractivity contribution is 7.26. The van der Waals surface area contributed by atoms with Crippen LogP contribution in [0.5, 0.6) is 0 Å². The Bertz CT molecular complexity index is 4050. The Morgan fingerprint density at radius 3 is 1.77 bits per heavy atom. The van der Waals surface area contributed by atoms with Crippen molar-refractivity contribution in [3.8, 4) is 39.9 Å². The van der Waals surface area contributed by atoms with Crippen molar-refractivity contribution in [3.05, 3.63) is 188 Å². The second-order valence-electron chi connectivity index (χ2n) is 15.9. The van der Waals surface area contributed by atoms with Crippen molar-refractivity contribution in [1.82, 2.24) is 23.9 Å². The molecule has 0 saturated carbocycles. The Kier molecular flexibility index (Phi) is 6.65. The third-order valence-corrected chi connectivity index (χ3v) is 13.9. The van der Waals surface area contributed by atoms with E-state index in [1.54, 1.807) is 0 Å². The molecule has 5 nitrogen and oxygen atoms in total. The van der Waals surface area contributed by atoms with Gasteiger partial charge in [0.2, 0.25) is 0 Å². The molecule has 0 N–H and O–H groups in total. The molecule has 0 aliphatic rings. The van der Waals surface area contributed by atoms with Crippen molar-refractivity contribution in [3.63, 3.8) is 0 Å². The lowest BCUT2D eigenvalue weighted by Gasteiger charge is -2.14. The molecule has 0 spiro atoms. The SMILES string of the molecule is c1ccc(-c2nc(-c3ccccc3)nc(-c3ccc(-n4c5cc6c(cc5c5ccc7ccccc7c54)c4cccc5c7ccccc7n6c54)c4sc5ccccc5c34)n2)cc1.